The molecule has 0 aliphatic carbocycles. The Morgan fingerprint density at radius 2 is 1.82 bits per heavy atom. The highest BCUT2D eigenvalue weighted by molar-refractivity contribution is 5.80. The van der Waals surface area contributed by atoms with E-state index in [1.54, 1.807) is 6.92 Å². The molecule has 0 bridgehead atoms. The summed E-state index contributed by atoms with van der Waals surface area (Å²) >= 11 is 0. The van der Waals surface area contributed by atoms with Crippen molar-refractivity contribution in [1.82, 2.24) is 4.90 Å². The van der Waals surface area contributed by atoms with Gasteiger partial charge in [0.05, 0.1) is 6.42 Å². The monoisotopic (exact) mass is 255 g/mol. The molecule has 17 heavy (non-hydrogen) atoms. The number of aliphatic carboxylic acids is 1. The SMILES string of the molecule is CCCCN(CC(F)(F)F)C(=O)CCC(=O)O. The molecule has 0 spiro atoms. The van der Waals surface area contributed by atoms with Gasteiger partial charge in [-0.2, -0.15) is 13.2 Å². The van der Waals surface area contributed by atoms with Crippen molar-refractivity contribution in [3.05, 3.63) is 0 Å². The van der Waals surface area contributed by atoms with Gasteiger partial charge in [0.25, 0.3) is 0 Å². The molecule has 0 saturated heterocycles. The Labute approximate surface area is 97.4 Å². The summed E-state index contributed by atoms with van der Waals surface area (Å²) in [7, 11) is 0. The van der Waals surface area contributed by atoms with E-state index in [9.17, 15) is 22.8 Å². The lowest BCUT2D eigenvalue weighted by molar-refractivity contribution is -0.161. The molecule has 0 radical (unpaired) electrons. The van der Waals surface area contributed by atoms with Crippen LogP contribution in [0.2, 0.25) is 0 Å². The summed E-state index contributed by atoms with van der Waals surface area (Å²) in [5.74, 6) is -1.96. The maximum Gasteiger partial charge on any atom is 0.406 e. The zero-order valence-electron chi connectivity index (χ0n) is 9.59. The van der Waals surface area contributed by atoms with E-state index in [-0.39, 0.29) is 6.54 Å². The van der Waals surface area contributed by atoms with Crippen LogP contribution in [0.4, 0.5) is 13.2 Å². The smallest absolute Gasteiger partial charge is 0.406 e. The molecule has 0 aliphatic rings. The number of nitrogens with zero attached hydrogens (tertiary/aromatic N) is 1. The molecule has 0 rings (SSSR count). The third kappa shape index (κ3) is 8.53. The van der Waals surface area contributed by atoms with Crippen molar-refractivity contribution in [1.29, 1.82) is 0 Å². The molecule has 0 heterocycles. The number of amides is 1. The number of halogens is 3. The topological polar surface area (TPSA) is 57.6 Å². The van der Waals surface area contributed by atoms with Crippen molar-refractivity contribution in [3.8, 4) is 0 Å². The van der Waals surface area contributed by atoms with E-state index in [0.29, 0.717) is 17.7 Å². The van der Waals surface area contributed by atoms with Gasteiger partial charge in [0, 0.05) is 13.0 Å². The Hall–Kier alpha value is -1.27. The number of hydrogen-bond donors (Lipinski definition) is 1. The van der Waals surface area contributed by atoms with Crippen LogP contribution in [-0.4, -0.2) is 41.1 Å². The van der Waals surface area contributed by atoms with Crippen LogP contribution in [0.3, 0.4) is 0 Å². The van der Waals surface area contributed by atoms with Crippen LogP contribution in [0, 0.1) is 0 Å². The third-order valence-corrected chi connectivity index (χ3v) is 2.06. The molecule has 0 aromatic heterocycles. The first-order valence-electron chi connectivity index (χ1n) is 5.32. The number of unbranched alkanes of at least 4 members (excludes halogenated alkanes) is 1. The van der Waals surface area contributed by atoms with Crippen LogP contribution in [-0.2, 0) is 9.59 Å². The average molecular weight is 255 g/mol. The number of alkyl halides is 3. The summed E-state index contributed by atoms with van der Waals surface area (Å²) in [6.45, 7) is 0.493. The number of carboxylic acids is 1. The van der Waals surface area contributed by atoms with Gasteiger partial charge in [0.1, 0.15) is 6.54 Å². The number of carbonyl (C=O) groups excluding carboxylic acids is 1. The van der Waals surface area contributed by atoms with Crippen LogP contribution in [0.25, 0.3) is 0 Å². The molecule has 0 unspecified atom stereocenters. The lowest BCUT2D eigenvalue weighted by Gasteiger charge is -2.23. The maximum atomic E-state index is 12.2. The summed E-state index contributed by atoms with van der Waals surface area (Å²) in [5, 5.41) is 8.36. The van der Waals surface area contributed by atoms with E-state index in [2.05, 4.69) is 0 Å². The van der Waals surface area contributed by atoms with E-state index in [4.69, 9.17) is 5.11 Å². The van der Waals surface area contributed by atoms with Crippen molar-refractivity contribution in [2.75, 3.05) is 13.1 Å². The molecule has 7 heteroatoms. The first kappa shape index (κ1) is 15.7. The Morgan fingerprint density at radius 3 is 2.24 bits per heavy atom. The largest absolute Gasteiger partial charge is 0.481 e. The van der Waals surface area contributed by atoms with Crippen LogP contribution in [0.15, 0.2) is 0 Å². The average Bonchev–Trinajstić information content (AvgIpc) is 2.19. The van der Waals surface area contributed by atoms with E-state index in [0.717, 1.165) is 0 Å². The van der Waals surface area contributed by atoms with Crippen molar-refractivity contribution >= 4 is 11.9 Å². The molecule has 1 amide bonds. The standard InChI is InChI=1S/C10H16F3NO3/c1-2-3-6-14(7-10(11,12)13)8(15)4-5-9(16)17/h2-7H2,1H3,(H,16,17). The summed E-state index contributed by atoms with van der Waals surface area (Å²) in [6, 6.07) is 0. The fourth-order valence-electron chi connectivity index (χ4n) is 1.23. The van der Waals surface area contributed by atoms with Gasteiger partial charge in [-0.3, -0.25) is 9.59 Å². The second kappa shape index (κ2) is 7.13. The van der Waals surface area contributed by atoms with Gasteiger partial charge in [0.15, 0.2) is 0 Å². The molecule has 0 fully saturated rings. The molecule has 0 aliphatic heterocycles. The predicted octanol–water partition coefficient (Wildman–Crippen LogP) is 2.04. The molecule has 0 aromatic carbocycles. The number of carboxylic acid groups (broad SMARTS) is 1. The fourth-order valence-corrected chi connectivity index (χ4v) is 1.23. The number of hydrogen-bond acceptors (Lipinski definition) is 2. The lowest BCUT2D eigenvalue weighted by atomic mass is 10.2. The van der Waals surface area contributed by atoms with Crippen LogP contribution in [0.1, 0.15) is 32.6 Å². The number of rotatable bonds is 7. The van der Waals surface area contributed by atoms with Gasteiger partial charge >= 0.3 is 12.1 Å². The van der Waals surface area contributed by atoms with Gasteiger partial charge in [-0.1, -0.05) is 13.3 Å². The minimum absolute atomic E-state index is 0.00840. The van der Waals surface area contributed by atoms with Gasteiger partial charge < -0.3 is 10.0 Å². The predicted molar refractivity (Wildman–Crippen MR) is 54.4 cm³/mol. The summed E-state index contributed by atoms with van der Waals surface area (Å²) in [5.41, 5.74) is 0. The zero-order chi connectivity index (χ0) is 13.5. The Balaban J connectivity index is 4.34. The van der Waals surface area contributed by atoms with Crippen molar-refractivity contribution in [3.63, 3.8) is 0 Å². The summed E-state index contributed by atoms with van der Waals surface area (Å²) < 4.78 is 36.5. The van der Waals surface area contributed by atoms with Crippen LogP contribution in [0.5, 0.6) is 0 Å². The highest BCUT2D eigenvalue weighted by Crippen LogP contribution is 2.17. The Bertz CT molecular complexity index is 266. The molecule has 0 atom stereocenters. The van der Waals surface area contributed by atoms with E-state index >= 15 is 0 Å². The second-order valence-electron chi connectivity index (χ2n) is 3.68. The summed E-state index contributed by atoms with van der Waals surface area (Å²) in [6.07, 6.45) is -4.16. The number of carbonyl (C=O) groups is 2. The first-order valence-corrected chi connectivity index (χ1v) is 5.32. The normalized spacial score (nSPS) is 11.3. The minimum atomic E-state index is -4.45. The van der Waals surface area contributed by atoms with Gasteiger partial charge in [-0.05, 0) is 6.42 Å². The van der Waals surface area contributed by atoms with E-state index < -0.39 is 37.4 Å². The highest BCUT2D eigenvalue weighted by Gasteiger charge is 2.32. The van der Waals surface area contributed by atoms with Gasteiger partial charge in [-0.25, -0.2) is 0 Å². The van der Waals surface area contributed by atoms with Crippen molar-refractivity contribution in [2.45, 2.75) is 38.8 Å². The van der Waals surface area contributed by atoms with E-state index in [1.807, 2.05) is 0 Å². The molecule has 1 N–H and O–H groups in total. The molecule has 100 valence electrons. The maximum absolute atomic E-state index is 12.2. The quantitative estimate of drug-likeness (QED) is 0.757. The fraction of sp³-hybridized carbons (Fsp3) is 0.800. The highest BCUT2D eigenvalue weighted by atomic mass is 19.4. The van der Waals surface area contributed by atoms with E-state index in [1.165, 1.54) is 0 Å². The Kier molecular flexibility index (Phi) is 6.60. The van der Waals surface area contributed by atoms with Crippen molar-refractivity contribution < 1.29 is 27.9 Å². The molecule has 4 nitrogen and oxygen atoms in total. The third-order valence-electron chi connectivity index (χ3n) is 2.06. The lowest BCUT2D eigenvalue weighted by Crippen LogP contribution is -2.39. The first-order chi connectivity index (χ1) is 7.76. The zero-order valence-corrected chi connectivity index (χ0v) is 9.59. The molecular weight excluding hydrogens is 239 g/mol. The molecule has 0 saturated carbocycles. The molecular formula is C10H16F3NO3. The minimum Gasteiger partial charge on any atom is -0.481 e. The summed E-state index contributed by atoms with van der Waals surface area (Å²) in [4.78, 5) is 22.3. The second-order valence-corrected chi connectivity index (χ2v) is 3.68. The van der Waals surface area contributed by atoms with Gasteiger partial charge in [-0.15, -0.1) is 0 Å². The van der Waals surface area contributed by atoms with Crippen LogP contribution < -0.4 is 0 Å². The van der Waals surface area contributed by atoms with Gasteiger partial charge in [0.2, 0.25) is 5.91 Å². The van der Waals surface area contributed by atoms with Crippen molar-refractivity contribution in [2.24, 2.45) is 0 Å². The van der Waals surface area contributed by atoms with Crippen LogP contribution >= 0.6 is 0 Å². The Morgan fingerprint density at radius 1 is 1.24 bits per heavy atom. The molecule has 0 aromatic rings.